The summed E-state index contributed by atoms with van der Waals surface area (Å²) in [5.74, 6) is 0. The Labute approximate surface area is 100.0 Å². The SMILES string of the molecule is Cc1cc2ccccc2nc1-c1ccncc1. The van der Waals surface area contributed by atoms with E-state index in [-0.39, 0.29) is 0 Å². The lowest BCUT2D eigenvalue weighted by Gasteiger charge is -2.07. The van der Waals surface area contributed by atoms with E-state index in [1.54, 1.807) is 12.4 Å². The molecule has 0 atom stereocenters. The highest BCUT2D eigenvalue weighted by Crippen LogP contribution is 2.24. The van der Waals surface area contributed by atoms with Crippen molar-refractivity contribution in [3.63, 3.8) is 0 Å². The maximum absolute atomic E-state index is 4.72. The minimum Gasteiger partial charge on any atom is -0.265 e. The molecule has 3 aromatic rings. The van der Waals surface area contributed by atoms with Crippen LogP contribution in [0, 0.1) is 6.92 Å². The number of para-hydroxylation sites is 1. The van der Waals surface area contributed by atoms with Gasteiger partial charge in [-0.05, 0) is 36.8 Å². The van der Waals surface area contributed by atoms with Gasteiger partial charge in [-0.3, -0.25) is 4.98 Å². The lowest BCUT2D eigenvalue weighted by molar-refractivity contribution is 1.29. The Bertz CT molecular complexity index is 660. The molecule has 0 amide bonds. The Balaban J connectivity index is 2.27. The quantitative estimate of drug-likeness (QED) is 0.626. The smallest absolute Gasteiger partial charge is 0.0739 e. The number of hydrogen-bond acceptors (Lipinski definition) is 2. The fraction of sp³-hybridized carbons (Fsp3) is 0.0667. The molecule has 0 N–H and O–H groups in total. The summed E-state index contributed by atoms with van der Waals surface area (Å²) in [5, 5.41) is 1.18. The molecule has 0 spiro atoms. The van der Waals surface area contributed by atoms with E-state index in [4.69, 9.17) is 4.98 Å². The first kappa shape index (κ1) is 9.97. The van der Waals surface area contributed by atoms with Gasteiger partial charge in [0.05, 0.1) is 11.2 Å². The number of nitrogens with zero attached hydrogens (tertiary/aromatic N) is 2. The molecule has 0 aliphatic heterocycles. The molecule has 0 aliphatic carbocycles. The average Bonchev–Trinajstić information content (AvgIpc) is 2.39. The van der Waals surface area contributed by atoms with Gasteiger partial charge in [0.1, 0.15) is 0 Å². The van der Waals surface area contributed by atoms with Crippen LogP contribution in [-0.4, -0.2) is 9.97 Å². The topological polar surface area (TPSA) is 25.8 Å². The highest BCUT2D eigenvalue weighted by molar-refractivity contribution is 5.83. The first-order valence-electron chi connectivity index (χ1n) is 5.61. The fourth-order valence-electron chi connectivity index (χ4n) is 2.02. The van der Waals surface area contributed by atoms with Crippen LogP contribution in [0.15, 0.2) is 54.9 Å². The van der Waals surface area contributed by atoms with E-state index in [2.05, 4.69) is 24.0 Å². The fourth-order valence-corrected chi connectivity index (χ4v) is 2.02. The molecule has 2 aromatic heterocycles. The molecule has 1 aromatic carbocycles. The first-order chi connectivity index (χ1) is 8.34. The first-order valence-corrected chi connectivity index (χ1v) is 5.61. The monoisotopic (exact) mass is 220 g/mol. The van der Waals surface area contributed by atoms with Gasteiger partial charge in [0.25, 0.3) is 0 Å². The predicted octanol–water partition coefficient (Wildman–Crippen LogP) is 3.61. The van der Waals surface area contributed by atoms with Gasteiger partial charge in [-0.25, -0.2) is 4.98 Å². The maximum atomic E-state index is 4.72. The largest absolute Gasteiger partial charge is 0.265 e. The summed E-state index contributed by atoms with van der Waals surface area (Å²) in [6.07, 6.45) is 3.59. The van der Waals surface area contributed by atoms with Crippen molar-refractivity contribution in [2.24, 2.45) is 0 Å². The minimum atomic E-state index is 1.03. The number of hydrogen-bond donors (Lipinski definition) is 0. The summed E-state index contributed by atoms with van der Waals surface area (Å²) in [5.41, 5.74) is 4.37. The van der Waals surface area contributed by atoms with Crippen LogP contribution in [0.3, 0.4) is 0 Å². The van der Waals surface area contributed by atoms with E-state index in [9.17, 15) is 0 Å². The van der Waals surface area contributed by atoms with Gasteiger partial charge >= 0.3 is 0 Å². The average molecular weight is 220 g/mol. The van der Waals surface area contributed by atoms with Crippen LogP contribution >= 0.6 is 0 Å². The number of pyridine rings is 2. The summed E-state index contributed by atoms with van der Waals surface area (Å²) in [4.78, 5) is 8.75. The maximum Gasteiger partial charge on any atom is 0.0739 e. The van der Waals surface area contributed by atoms with Crippen LogP contribution in [-0.2, 0) is 0 Å². The molecule has 2 nitrogen and oxygen atoms in total. The Kier molecular flexibility index (Phi) is 2.33. The van der Waals surface area contributed by atoms with Crippen molar-refractivity contribution in [2.75, 3.05) is 0 Å². The van der Waals surface area contributed by atoms with E-state index in [1.807, 2.05) is 30.3 Å². The van der Waals surface area contributed by atoms with Crippen LogP contribution in [0.5, 0.6) is 0 Å². The number of rotatable bonds is 1. The molecule has 2 heterocycles. The van der Waals surface area contributed by atoms with Crippen molar-refractivity contribution in [1.82, 2.24) is 9.97 Å². The van der Waals surface area contributed by atoms with Crippen LogP contribution in [0.25, 0.3) is 22.2 Å². The van der Waals surface area contributed by atoms with Gasteiger partial charge in [-0.1, -0.05) is 18.2 Å². The Morgan fingerprint density at radius 1 is 0.941 bits per heavy atom. The highest BCUT2D eigenvalue weighted by Gasteiger charge is 2.05. The molecule has 3 rings (SSSR count). The van der Waals surface area contributed by atoms with Gasteiger partial charge in [0.15, 0.2) is 0 Å². The van der Waals surface area contributed by atoms with Crippen molar-refractivity contribution in [1.29, 1.82) is 0 Å². The number of benzene rings is 1. The molecule has 0 fully saturated rings. The molecule has 2 heteroatoms. The molecule has 17 heavy (non-hydrogen) atoms. The van der Waals surface area contributed by atoms with Gasteiger partial charge < -0.3 is 0 Å². The highest BCUT2D eigenvalue weighted by atomic mass is 14.7. The van der Waals surface area contributed by atoms with Crippen LogP contribution in [0.1, 0.15) is 5.56 Å². The Morgan fingerprint density at radius 3 is 2.53 bits per heavy atom. The second-order valence-electron chi connectivity index (χ2n) is 4.08. The third-order valence-electron chi connectivity index (χ3n) is 2.87. The summed E-state index contributed by atoms with van der Waals surface area (Å²) in [7, 11) is 0. The molecule has 82 valence electrons. The van der Waals surface area contributed by atoms with Crippen LogP contribution in [0.2, 0.25) is 0 Å². The molecule has 0 saturated carbocycles. The van der Waals surface area contributed by atoms with Crippen LogP contribution < -0.4 is 0 Å². The second-order valence-corrected chi connectivity index (χ2v) is 4.08. The van der Waals surface area contributed by atoms with Gasteiger partial charge in [0, 0.05) is 23.3 Å². The van der Waals surface area contributed by atoms with Crippen molar-refractivity contribution in [3.8, 4) is 11.3 Å². The molecule has 0 radical (unpaired) electrons. The lowest BCUT2D eigenvalue weighted by Crippen LogP contribution is -1.90. The van der Waals surface area contributed by atoms with Gasteiger partial charge in [-0.2, -0.15) is 0 Å². The third kappa shape index (κ3) is 1.78. The van der Waals surface area contributed by atoms with Crippen molar-refractivity contribution in [2.45, 2.75) is 6.92 Å². The zero-order valence-electron chi connectivity index (χ0n) is 9.59. The molecule has 0 bridgehead atoms. The van der Waals surface area contributed by atoms with E-state index in [1.165, 1.54) is 10.9 Å². The van der Waals surface area contributed by atoms with Gasteiger partial charge in [-0.15, -0.1) is 0 Å². The van der Waals surface area contributed by atoms with Crippen molar-refractivity contribution in [3.05, 3.63) is 60.4 Å². The lowest BCUT2D eigenvalue weighted by atomic mass is 10.1. The van der Waals surface area contributed by atoms with E-state index in [0.29, 0.717) is 0 Å². The molecule has 0 unspecified atom stereocenters. The number of aryl methyl sites for hydroxylation is 1. The summed E-state index contributed by atoms with van der Waals surface area (Å²) in [6, 6.07) is 14.3. The third-order valence-corrected chi connectivity index (χ3v) is 2.87. The zero-order valence-corrected chi connectivity index (χ0v) is 9.59. The van der Waals surface area contributed by atoms with Crippen LogP contribution in [0.4, 0.5) is 0 Å². The normalized spacial score (nSPS) is 10.6. The molecular weight excluding hydrogens is 208 g/mol. The summed E-state index contributed by atoms with van der Waals surface area (Å²) < 4.78 is 0. The molecule has 0 saturated heterocycles. The predicted molar refractivity (Wildman–Crippen MR) is 69.7 cm³/mol. The van der Waals surface area contributed by atoms with Crippen molar-refractivity contribution < 1.29 is 0 Å². The molecule has 0 aliphatic rings. The summed E-state index contributed by atoms with van der Waals surface area (Å²) >= 11 is 0. The summed E-state index contributed by atoms with van der Waals surface area (Å²) in [6.45, 7) is 2.09. The second kappa shape index (κ2) is 3.98. The van der Waals surface area contributed by atoms with E-state index in [0.717, 1.165) is 16.8 Å². The molecular formula is C15H12N2. The standard InChI is InChI=1S/C15H12N2/c1-11-10-13-4-2-3-5-14(13)17-15(11)12-6-8-16-9-7-12/h2-10H,1H3. The zero-order chi connectivity index (χ0) is 11.7. The van der Waals surface area contributed by atoms with Crippen molar-refractivity contribution >= 4 is 10.9 Å². The minimum absolute atomic E-state index is 1.03. The Hall–Kier alpha value is -2.22. The Morgan fingerprint density at radius 2 is 1.71 bits per heavy atom. The van der Waals surface area contributed by atoms with Gasteiger partial charge in [0.2, 0.25) is 0 Å². The number of aromatic nitrogens is 2. The van der Waals surface area contributed by atoms with E-state index < -0.39 is 0 Å². The van der Waals surface area contributed by atoms with E-state index >= 15 is 0 Å². The number of fused-ring (bicyclic) bond motifs is 1.